The van der Waals surface area contributed by atoms with Crippen LogP contribution < -0.4 is 0 Å². The summed E-state index contributed by atoms with van der Waals surface area (Å²) in [6.45, 7) is 1.13. The first-order chi connectivity index (χ1) is 17.8. The summed E-state index contributed by atoms with van der Waals surface area (Å²) >= 11 is 0. The monoisotopic (exact) mass is 539 g/mol. The van der Waals surface area contributed by atoms with E-state index >= 15 is 0 Å². The average Bonchev–Trinajstić information content (AvgIpc) is 2.84. The van der Waals surface area contributed by atoms with Crippen LogP contribution in [-0.2, 0) is 41.5 Å². The molecule has 0 aliphatic heterocycles. The third kappa shape index (κ3) is 7.50. The predicted molar refractivity (Wildman–Crippen MR) is 126 cm³/mol. The Kier molecular flexibility index (Phi) is 8.70. The van der Waals surface area contributed by atoms with E-state index in [2.05, 4.69) is 0 Å². The fourth-order valence-electron chi connectivity index (χ4n) is 3.79. The van der Waals surface area contributed by atoms with Crippen LogP contribution in [0.1, 0.15) is 34.7 Å². The fraction of sp³-hybridized carbons (Fsp3) is 0.259. The molecule has 0 saturated carbocycles. The van der Waals surface area contributed by atoms with Gasteiger partial charge in [0.1, 0.15) is 6.61 Å². The number of ether oxygens (including phenoxy) is 1. The maximum Gasteiger partial charge on any atom is 0.416 e. The third-order valence-corrected chi connectivity index (χ3v) is 5.63. The van der Waals surface area contributed by atoms with E-state index in [4.69, 9.17) is 9.84 Å². The number of benzene rings is 3. The van der Waals surface area contributed by atoms with Gasteiger partial charge in [0.05, 0.1) is 17.5 Å². The van der Waals surface area contributed by atoms with E-state index in [0.29, 0.717) is 11.6 Å². The van der Waals surface area contributed by atoms with Gasteiger partial charge in [-0.2, -0.15) is 26.3 Å². The highest BCUT2D eigenvalue weighted by molar-refractivity contribution is 5.75. The van der Waals surface area contributed by atoms with Crippen molar-refractivity contribution in [1.82, 2.24) is 4.90 Å². The normalized spacial score (nSPS) is 11.8. The van der Waals surface area contributed by atoms with E-state index in [1.807, 2.05) is 0 Å². The molecule has 1 N–H and O–H groups in total. The highest BCUT2D eigenvalue weighted by Gasteiger charge is 2.33. The molecule has 11 heteroatoms. The van der Waals surface area contributed by atoms with Gasteiger partial charge < -0.3 is 14.7 Å². The van der Waals surface area contributed by atoms with Gasteiger partial charge in [0.15, 0.2) is 0 Å². The fourth-order valence-corrected chi connectivity index (χ4v) is 3.79. The van der Waals surface area contributed by atoms with Gasteiger partial charge >= 0.3 is 24.4 Å². The predicted octanol–water partition coefficient (Wildman–Crippen LogP) is 7.18. The van der Waals surface area contributed by atoms with Crippen LogP contribution in [0.2, 0.25) is 0 Å². The molecule has 202 valence electrons. The maximum absolute atomic E-state index is 13.6. The second kappa shape index (κ2) is 11.6. The molecule has 0 aromatic heterocycles. The summed E-state index contributed by atoms with van der Waals surface area (Å²) in [7, 11) is 0. The Bertz CT molecular complexity index is 1290. The minimum atomic E-state index is -4.83. The molecule has 0 saturated heterocycles. The van der Waals surface area contributed by atoms with E-state index in [0.717, 1.165) is 29.2 Å². The van der Waals surface area contributed by atoms with Crippen molar-refractivity contribution in [2.75, 3.05) is 6.54 Å². The highest BCUT2D eigenvalue weighted by Crippen LogP contribution is 2.37. The quantitative estimate of drug-likeness (QED) is 0.308. The molecular weight excluding hydrogens is 516 g/mol. The molecule has 3 aromatic rings. The minimum Gasteiger partial charge on any atom is -0.481 e. The van der Waals surface area contributed by atoms with Crippen LogP contribution in [0.4, 0.5) is 31.1 Å². The van der Waals surface area contributed by atoms with Gasteiger partial charge in [-0.25, -0.2) is 4.79 Å². The van der Waals surface area contributed by atoms with Gasteiger partial charge in [-0.1, -0.05) is 42.5 Å². The second-order valence-electron chi connectivity index (χ2n) is 8.41. The molecule has 0 aliphatic carbocycles. The van der Waals surface area contributed by atoms with Crippen molar-refractivity contribution >= 4 is 12.1 Å². The zero-order valence-electron chi connectivity index (χ0n) is 20.1. The lowest BCUT2D eigenvalue weighted by molar-refractivity contribution is -0.138. The molecule has 0 radical (unpaired) electrons. The zero-order chi connectivity index (χ0) is 28.1. The molecule has 0 atom stereocenters. The Labute approximate surface area is 214 Å². The Morgan fingerprint density at radius 3 is 2.08 bits per heavy atom. The summed E-state index contributed by atoms with van der Waals surface area (Å²) in [5.41, 5.74) is -1.92. The summed E-state index contributed by atoms with van der Waals surface area (Å²) in [6, 6.07) is 13.8. The standard InChI is InChI=1S/C27H23F6NO4/c1-2-34(25(37)38-16-17-6-4-3-5-7-17)15-20-14-21(26(28,29)30)8-9-23(20)19-10-18(12-24(35)36)11-22(13-19)27(31,32)33/h3-11,13-14H,2,12,15-16H2,1H3,(H,35,36). The average molecular weight is 539 g/mol. The first-order valence-electron chi connectivity index (χ1n) is 11.4. The number of carboxylic acids is 1. The van der Waals surface area contributed by atoms with Crippen LogP contribution in [0.5, 0.6) is 0 Å². The molecular formula is C27H23F6NO4. The van der Waals surface area contributed by atoms with Crippen molar-refractivity contribution < 1.29 is 45.8 Å². The van der Waals surface area contributed by atoms with Crippen molar-refractivity contribution in [1.29, 1.82) is 0 Å². The molecule has 1 amide bonds. The number of aliphatic carboxylic acids is 1. The smallest absolute Gasteiger partial charge is 0.416 e. The first kappa shape index (κ1) is 28.5. The van der Waals surface area contributed by atoms with Crippen molar-refractivity contribution in [2.45, 2.75) is 38.8 Å². The number of halogens is 6. The Morgan fingerprint density at radius 2 is 1.50 bits per heavy atom. The summed E-state index contributed by atoms with van der Waals surface area (Å²) in [4.78, 5) is 25.0. The number of carbonyl (C=O) groups is 2. The van der Waals surface area contributed by atoms with Crippen LogP contribution in [0, 0.1) is 0 Å². The van der Waals surface area contributed by atoms with Gasteiger partial charge in [0, 0.05) is 13.1 Å². The van der Waals surface area contributed by atoms with E-state index in [-0.39, 0.29) is 35.4 Å². The number of nitrogens with zero attached hydrogens (tertiary/aromatic N) is 1. The Balaban J connectivity index is 2.03. The number of hydrogen-bond donors (Lipinski definition) is 1. The molecule has 0 aliphatic rings. The van der Waals surface area contributed by atoms with Crippen molar-refractivity contribution in [3.8, 4) is 11.1 Å². The molecule has 0 unspecified atom stereocenters. The lowest BCUT2D eigenvalue weighted by Crippen LogP contribution is -2.31. The van der Waals surface area contributed by atoms with Crippen LogP contribution in [-0.4, -0.2) is 28.6 Å². The summed E-state index contributed by atoms with van der Waals surface area (Å²) in [5.74, 6) is -1.37. The van der Waals surface area contributed by atoms with Crippen LogP contribution in [0.15, 0.2) is 66.7 Å². The molecule has 5 nitrogen and oxygen atoms in total. The summed E-state index contributed by atoms with van der Waals surface area (Å²) in [6.07, 6.45) is -11.1. The van der Waals surface area contributed by atoms with Crippen LogP contribution in [0.25, 0.3) is 11.1 Å². The van der Waals surface area contributed by atoms with Crippen molar-refractivity contribution in [3.63, 3.8) is 0 Å². The first-order valence-corrected chi connectivity index (χ1v) is 11.4. The number of carbonyl (C=O) groups excluding carboxylic acids is 1. The summed E-state index contributed by atoms with van der Waals surface area (Å²) in [5, 5.41) is 9.08. The topological polar surface area (TPSA) is 66.8 Å². The molecule has 3 aromatic carbocycles. The zero-order valence-corrected chi connectivity index (χ0v) is 20.1. The lowest BCUT2D eigenvalue weighted by atomic mass is 9.93. The van der Waals surface area contributed by atoms with Crippen LogP contribution in [0.3, 0.4) is 0 Å². The Morgan fingerprint density at radius 1 is 0.842 bits per heavy atom. The molecule has 0 spiro atoms. The van der Waals surface area contributed by atoms with E-state index in [1.165, 1.54) is 6.07 Å². The number of carboxylic acid groups (broad SMARTS) is 1. The van der Waals surface area contributed by atoms with E-state index in [9.17, 15) is 35.9 Å². The van der Waals surface area contributed by atoms with Crippen molar-refractivity contribution in [2.24, 2.45) is 0 Å². The molecule has 0 fully saturated rings. The second-order valence-corrected chi connectivity index (χ2v) is 8.41. The summed E-state index contributed by atoms with van der Waals surface area (Å²) < 4.78 is 86.4. The molecule has 0 bridgehead atoms. The van der Waals surface area contributed by atoms with Gasteiger partial charge in [-0.05, 0) is 59.0 Å². The third-order valence-electron chi connectivity index (χ3n) is 5.63. The van der Waals surface area contributed by atoms with Crippen LogP contribution >= 0.6 is 0 Å². The number of alkyl halides is 6. The molecule has 38 heavy (non-hydrogen) atoms. The lowest BCUT2D eigenvalue weighted by Gasteiger charge is -2.23. The minimum absolute atomic E-state index is 0.00921. The largest absolute Gasteiger partial charge is 0.481 e. The van der Waals surface area contributed by atoms with Gasteiger partial charge in [-0.3, -0.25) is 4.79 Å². The van der Waals surface area contributed by atoms with E-state index in [1.54, 1.807) is 37.3 Å². The number of rotatable bonds is 8. The number of hydrogen-bond acceptors (Lipinski definition) is 3. The Hall–Kier alpha value is -4.02. The van der Waals surface area contributed by atoms with E-state index < -0.39 is 48.5 Å². The highest BCUT2D eigenvalue weighted by atomic mass is 19.4. The number of amides is 1. The SMILES string of the molecule is CCN(Cc1cc(C(F)(F)F)ccc1-c1cc(CC(=O)O)cc(C(F)(F)F)c1)C(=O)OCc1ccccc1. The van der Waals surface area contributed by atoms with Gasteiger partial charge in [-0.15, -0.1) is 0 Å². The molecule has 3 rings (SSSR count). The van der Waals surface area contributed by atoms with Gasteiger partial charge in [0.25, 0.3) is 0 Å². The van der Waals surface area contributed by atoms with Gasteiger partial charge in [0.2, 0.25) is 0 Å². The maximum atomic E-state index is 13.6. The van der Waals surface area contributed by atoms with Crippen molar-refractivity contribution in [3.05, 3.63) is 94.5 Å². The molecule has 0 heterocycles.